The lowest BCUT2D eigenvalue weighted by Gasteiger charge is -2.37. The monoisotopic (exact) mass is 311 g/mol. The van der Waals surface area contributed by atoms with E-state index in [4.69, 9.17) is 4.98 Å². The molecular weight excluding hydrogens is 286 g/mol. The summed E-state index contributed by atoms with van der Waals surface area (Å²) in [5.41, 5.74) is 1.79. The van der Waals surface area contributed by atoms with Crippen molar-refractivity contribution >= 4 is 0 Å². The lowest BCUT2D eigenvalue weighted by molar-refractivity contribution is 0.194. The highest BCUT2D eigenvalue weighted by Crippen LogP contribution is 2.43. The molecular formula is C19H25N3O. The Hall–Kier alpha value is -1.97. The Morgan fingerprint density at radius 2 is 1.96 bits per heavy atom. The Bertz CT molecular complexity index is 708. The summed E-state index contributed by atoms with van der Waals surface area (Å²) < 4.78 is 0. The van der Waals surface area contributed by atoms with E-state index in [0.717, 1.165) is 17.7 Å². The minimum Gasteiger partial charge on any atom is -0.307 e. The predicted molar refractivity (Wildman–Crippen MR) is 92.2 cm³/mol. The molecule has 0 unspecified atom stereocenters. The first-order valence-electron chi connectivity index (χ1n) is 8.56. The molecule has 0 aliphatic heterocycles. The molecule has 0 aromatic carbocycles. The van der Waals surface area contributed by atoms with Gasteiger partial charge in [-0.25, -0.2) is 4.98 Å². The van der Waals surface area contributed by atoms with Crippen molar-refractivity contribution in [2.45, 2.75) is 46.0 Å². The molecule has 1 aliphatic carbocycles. The fourth-order valence-electron chi connectivity index (χ4n) is 3.86. The molecule has 1 N–H and O–H groups in total. The van der Waals surface area contributed by atoms with E-state index in [2.05, 4.69) is 30.7 Å². The lowest BCUT2D eigenvalue weighted by atomic mass is 9.69. The second-order valence-electron chi connectivity index (χ2n) is 7.19. The number of H-pyrrole nitrogens is 1. The first-order chi connectivity index (χ1) is 11.0. The van der Waals surface area contributed by atoms with E-state index in [1.807, 2.05) is 12.1 Å². The van der Waals surface area contributed by atoms with Crippen LogP contribution in [0.3, 0.4) is 0 Å². The van der Waals surface area contributed by atoms with E-state index in [1.165, 1.54) is 12.8 Å². The summed E-state index contributed by atoms with van der Waals surface area (Å²) in [5.74, 6) is 2.93. The molecule has 1 aliphatic rings. The summed E-state index contributed by atoms with van der Waals surface area (Å²) in [5, 5.41) is 0. The molecule has 0 bridgehead atoms. The van der Waals surface area contributed by atoms with Gasteiger partial charge in [0.2, 0.25) is 0 Å². The van der Waals surface area contributed by atoms with Crippen LogP contribution in [0.5, 0.6) is 0 Å². The number of rotatable bonds is 3. The predicted octanol–water partition coefficient (Wildman–Crippen LogP) is 4.01. The van der Waals surface area contributed by atoms with Crippen molar-refractivity contribution < 1.29 is 0 Å². The van der Waals surface area contributed by atoms with Crippen molar-refractivity contribution in [1.29, 1.82) is 0 Å². The standard InChI is InChI=1S/C19H25N3O/c1-12(2)15-5-4-13(3)10-16(15)17-11-18(23)22-19(21-17)14-6-8-20-9-7-14/h6-9,11-13,15-16H,4-5,10H2,1-3H3,(H,21,22,23)/t13-,15-,16-/m0/s1. The van der Waals surface area contributed by atoms with Gasteiger partial charge < -0.3 is 4.98 Å². The Kier molecular flexibility index (Phi) is 4.60. The maximum atomic E-state index is 12.2. The third-order valence-electron chi connectivity index (χ3n) is 5.12. The lowest BCUT2D eigenvalue weighted by Crippen LogP contribution is -2.28. The molecule has 1 saturated carbocycles. The molecule has 0 amide bonds. The van der Waals surface area contributed by atoms with Crippen molar-refractivity contribution in [3.8, 4) is 11.4 Å². The van der Waals surface area contributed by atoms with Crippen LogP contribution in [0.4, 0.5) is 0 Å². The third kappa shape index (κ3) is 3.52. The van der Waals surface area contributed by atoms with Gasteiger partial charge in [0.05, 0.1) is 5.69 Å². The summed E-state index contributed by atoms with van der Waals surface area (Å²) in [4.78, 5) is 23.9. The van der Waals surface area contributed by atoms with Gasteiger partial charge in [0, 0.05) is 29.9 Å². The zero-order valence-corrected chi connectivity index (χ0v) is 14.1. The molecule has 0 radical (unpaired) electrons. The van der Waals surface area contributed by atoms with E-state index in [9.17, 15) is 4.79 Å². The van der Waals surface area contributed by atoms with Crippen LogP contribution in [0.2, 0.25) is 0 Å². The summed E-state index contributed by atoms with van der Waals surface area (Å²) in [6.07, 6.45) is 7.07. The molecule has 122 valence electrons. The van der Waals surface area contributed by atoms with Gasteiger partial charge in [0.1, 0.15) is 5.82 Å². The van der Waals surface area contributed by atoms with Crippen LogP contribution in [-0.2, 0) is 0 Å². The summed E-state index contributed by atoms with van der Waals surface area (Å²) in [6, 6.07) is 5.46. The van der Waals surface area contributed by atoms with Gasteiger partial charge in [-0.3, -0.25) is 9.78 Å². The van der Waals surface area contributed by atoms with E-state index in [-0.39, 0.29) is 5.56 Å². The fraction of sp³-hybridized carbons (Fsp3) is 0.526. The largest absolute Gasteiger partial charge is 0.307 e. The molecule has 23 heavy (non-hydrogen) atoms. The zero-order chi connectivity index (χ0) is 16.4. The second-order valence-corrected chi connectivity index (χ2v) is 7.19. The van der Waals surface area contributed by atoms with Crippen molar-refractivity contribution in [2.75, 3.05) is 0 Å². The van der Waals surface area contributed by atoms with Crippen LogP contribution in [0, 0.1) is 17.8 Å². The number of aromatic nitrogens is 3. The fourth-order valence-corrected chi connectivity index (χ4v) is 3.86. The average Bonchev–Trinajstić information content (AvgIpc) is 2.54. The Morgan fingerprint density at radius 3 is 2.65 bits per heavy atom. The molecule has 2 heterocycles. The zero-order valence-electron chi connectivity index (χ0n) is 14.1. The van der Waals surface area contributed by atoms with E-state index in [1.54, 1.807) is 18.5 Å². The van der Waals surface area contributed by atoms with Gasteiger partial charge in [-0.05, 0) is 42.7 Å². The normalized spacial score (nSPS) is 24.8. The molecule has 0 saturated heterocycles. The van der Waals surface area contributed by atoms with Crippen molar-refractivity contribution in [3.05, 3.63) is 46.6 Å². The van der Waals surface area contributed by atoms with Crippen LogP contribution in [0.1, 0.15) is 51.6 Å². The average molecular weight is 311 g/mol. The number of pyridine rings is 1. The van der Waals surface area contributed by atoms with Crippen LogP contribution >= 0.6 is 0 Å². The summed E-state index contributed by atoms with van der Waals surface area (Å²) in [7, 11) is 0. The van der Waals surface area contributed by atoms with Crippen molar-refractivity contribution in [3.63, 3.8) is 0 Å². The number of nitrogens with zero attached hydrogens (tertiary/aromatic N) is 2. The highest BCUT2D eigenvalue weighted by molar-refractivity contribution is 5.53. The van der Waals surface area contributed by atoms with Gasteiger partial charge in [0.15, 0.2) is 0 Å². The SMILES string of the molecule is CC(C)[C@@H]1CC[C@H](C)C[C@@H]1c1cc(=O)[nH]c(-c2ccncc2)n1. The number of hydrogen-bond acceptors (Lipinski definition) is 3. The first-order valence-corrected chi connectivity index (χ1v) is 8.56. The van der Waals surface area contributed by atoms with Crippen LogP contribution in [-0.4, -0.2) is 15.0 Å². The van der Waals surface area contributed by atoms with Gasteiger partial charge >= 0.3 is 0 Å². The smallest absolute Gasteiger partial charge is 0.251 e. The van der Waals surface area contributed by atoms with Crippen LogP contribution in [0.15, 0.2) is 35.4 Å². The Labute approximate surface area is 137 Å². The minimum absolute atomic E-state index is 0.0671. The van der Waals surface area contributed by atoms with E-state index in [0.29, 0.717) is 29.5 Å². The molecule has 4 nitrogen and oxygen atoms in total. The topological polar surface area (TPSA) is 58.6 Å². The molecule has 3 rings (SSSR count). The Balaban J connectivity index is 2.01. The first kappa shape index (κ1) is 15.9. The minimum atomic E-state index is -0.0671. The molecule has 0 spiro atoms. The Morgan fingerprint density at radius 1 is 1.22 bits per heavy atom. The molecule has 1 fully saturated rings. The van der Waals surface area contributed by atoms with Gasteiger partial charge in [-0.2, -0.15) is 0 Å². The maximum Gasteiger partial charge on any atom is 0.251 e. The summed E-state index contributed by atoms with van der Waals surface area (Å²) >= 11 is 0. The third-order valence-corrected chi connectivity index (χ3v) is 5.12. The van der Waals surface area contributed by atoms with Gasteiger partial charge in [-0.15, -0.1) is 0 Å². The van der Waals surface area contributed by atoms with Crippen LogP contribution in [0.25, 0.3) is 11.4 Å². The van der Waals surface area contributed by atoms with Gasteiger partial charge in [-0.1, -0.05) is 27.2 Å². The quantitative estimate of drug-likeness (QED) is 0.931. The molecule has 3 atom stereocenters. The van der Waals surface area contributed by atoms with E-state index < -0.39 is 0 Å². The van der Waals surface area contributed by atoms with Crippen LogP contribution < -0.4 is 5.56 Å². The van der Waals surface area contributed by atoms with E-state index >= 15 is 0 Å². The second kappa shape index (κ2) is 6.65. The molecule has 2 aromatic heterocycles. The molecule has 2 aromatic rings. The number of hydrogen-bond donors (Lipinski definition) is 1. The number of nitrogens with one attached hydrogen (secondary N) is 1. The highest BCUT2D eigenvalue weighted by Gasteiger charge is 2.33. The van der Waals surface area contributed by atoms with Crippen molar-refractivity contribution in [2.24, 2.45) is 17.8 Å². The van der Waals surface area contributed by atoms with Crippen molar-refractivity contribution in [1.82, 2.24) is 15.0 Å². The maximum absolute atomic E-state index is 12.2. The van der Waals surface area contributed by atoms with Gasteiger partial charge in [0.25, 0.3) is 5.56 Å². The highest BCUT2D eigenvalue weighted by atomic mass is 16.1. The molecule has 4 heteroatoms. The summed E-state index contributed by atoms with van der Waals surface area (Å²) in [6.45, 7) is 6.87. The number of aromatic amines is 1.